The van der Waals surface area contributed by atoms with Crippen LogP contribution in [0.2, 0.25) is 0 Å². The zero-order valence-electron chi connectivity index (χ0n) is 10.3. The summed E-state index contributed by atoms with van der Waals surface area (Å²) in [6.45, 7) is 7.83. The Morgan fingerprint density at radius 3 is 2.67 bits per heavy atom. The minimum Gasteiger partial charge on any atom is -0.376 e. The molecule has 0 aliphatic carbocycles. The van der Waals surface area contributed by atoms with E-state index < -0.39 is 0 Å². The fourth-order valence-electron chi connectivity index (χ4n) is 1.47. The van der Waals surface area contributed by atoms with Gasteiger partial charge in [0.2, 0.25) is 6.41 Å². The number of hydrogen-bond donors (Lipinski definition) is 1. The number of nitrogens with one attached hydrogen (secondary N) is 1. The van der Waals surface area contributed by atoms with Gasteiger partial charge < -0.3 is 10.1 Å². The van der Waals surface area contributed by atoms with E-state index in [-0.39, 0.29) is 6.10 Å². The van der Waals surface area contributed by atoms with Gasteiger partial charge in [0, 0.05) is 13.2 Å². The number of rotatable bonds is 10. The molecule has 0 bridgehead atoms. The van der Waals surface area contributed by atoms with Gasteiger partial charge in [0.15, 0.2) is 0 Å². The van der Waals surface area contributed by atoms with Gasteiger partial charge in [-0.25, -0.2) is 0 Å². The lowest BCUT2D eigenvalue weighted by atomic mass is 10.0. The molecule has 0 fully saturated rings. The molecular weight excluding hydrogens is 190 g/mol. The molecule has 1 N–H and O–H groups in total. The molecule has 0 aliphatic rings. The van der Waals surface area contributed by atoms with Crippen LogP contribution in [0.25, 0.3) is 0 Å². The number of amides is 1. The molecule has 2 atom stereocenters. The predicted molar refractivity (Wildman–Crippen MR) is 62.8 cm³/mol. The Balaban J connectivity index is 3.54. The topological polar surface area (TPSA) is 38.3 Å². The minimum atomic E-state index is 0.117. The van der Waals surface area contributed by atoms with Gasteiger partial charge in [0.05, 0.1) is 6.10 Å². The summed E-state index contributed by atoms with van der Waals surface area (Å²) >= 11 is 0. The highest BCUT2D eigenvalue weighted by Crippen LogP contribution is 2.13. The first-order chi connectivity index (χ1) is 7.24. The van der Waals surface area contributed by atoms with Crippen molar-refractivity contribution in [3.05, 3.63) is 0 Å². The predicted octanol–water partition coefficient (Wildman–Crippen LogP) is 2.35. The van der Waals surface area contributed by atoms with Gasteiger partial charge in [0.25, 0.3) is 0 Å². The van der Waals surface area contributed by atoms with Crippen LogP contribution < -0.4 is 5.32 Å². The van der Waals surface area contributed by atoms with Crippen LogP contribution in [0.4, 0.5) is 0 Å². The molecule has 0 saturated heterocycles. The fourth-order valence-corrected chi connectivity index (χ4v) is 1.47. The second kappa shape index (κ2) is 9.97. The average molecular weight is 215 g/mol. The third-order valence-electron chi connectivity index (χ3n) is 2.65. The van der Waals surface area contributed by atoms with Crippen LogP contribution in [0.5, 0.6) is 0 Å². The van der Waals surface area contributed by atoms with Crippen molar-refractivity contribution in [2.75, 3.05) is 13.2 Å². The fraction of sp³-hybridized carbons (Fsp3) is 0.917. The molecule has 15 heavy (non-hydrogen) atoms. The van der Waals surface area contributed by atoms with Gasteiger partial charge in [0.1, 0.15) is 0 Å². The number of carbonyl (C=O) groups is 1. The van der Waals surface area contributed by atoms with Crippen molar-refractivity contribution in [3.8, 4) is 0 Å². The number of hydrogen-bond acceptors (Lipinski definition) is 2. The molecule has 90 valence electrons. The van der Waals surface area contributed by atoms with E-state index in [9.17, 15) is 4.79 Å². The van der Waals surface area contributed by atoms with Crippen LogP contribution in [0.1, 0.15) is 46.5 Å². The summed E-state index contributed by atoms with van der Waals surface area (Å²) in [7, 11) is 0. The van der Waals surface area contributed by atoms with Crippen molar-refractivity contribution in [1.82, 2.24) is 5.32 Å². The summed E-state index contributed by atoms with van der Waals surface area (Å²) < 4.78 is 5.67. The lowest BCUT2D eigenvalue weighted by Gasteiger charge is -2.18. The monoisotopic (exact) mass is 215 g/mol. The highest BCUT2D eigenvalue weighted by Gasteiger charge is 2.08. The van der Waals surface area contributed by atoms with Crippen molar-refractivity contribution in [1.29, 1.82) is 0 Å². The minimum absolute atomic E-state index is 0.117. The molecule has 0 heterocycles. The summed E-state index contributed by atoms with van der Waals surface area (Å²) in [5, 5.41) is 2.63. The third-order valence-corrected chi connectivity index (χ3v) is 2.65. The maximum absolute atomic E-state index is 10.1. The van der Waals surface area contributed by atoms with Gasteiger partial charge in [-0.2, -0.15) is 0 Å². The largest absolute Gasteiger partial charge is 0.376 e. The molecule has 0 rings (SSSR count). The summed E-state index contributed by atoms with van der Waals surface area (Å²) in [6.07, 6.45) is 5.79. The van der Waals surface area contributed by atoms with E-state index in [0.717, 1.165) is 6.61 Å². The molecule has 0 aromatic heterocycles. The quantitative estimate of drug-likeness (QED) is 0.568. The first kappa shape index (κ1) is 14.4. The van der Waals surface area contributed by atoms with E-state index in [1.165, 1.54) is 25.7 Å². The molecule has 0 radical (unpaired) electrons. The summed E-state index contributed by atoms with van der Waals surface area (Å²) in [4.78, 5) is 10.1. The zero-order chi connectivity index (χ0) is 11.5. The highest BCUT2D eigenvalue weighted by atomic mass is 16.5. The molecule has 0 aromatic rings. The Morgan fingerprint density at radius 1 is 1.40 bits per heavy atom. The van der Waals surface area contributed by atoms with E-state index in [2.05, 4.69) is 19.2 Å². The standard InChI is InChI=1S/C12H25NO2/c1-4-6-7-12(5-2)9-15-11(3)8-13-10-14/h10-12H,4-9H2,1-3H3,(H,13,14). The van der Waals surface area contributed by atoms with Crippen molar-refractivity contribution in [2.45, 2.75) is 52.6 Å². The molecule has 3 nitrogen and oxygen atoms in total. The van der Waals surface area contributed by atoms with E-state index in [1.54, 1.807) is 0 Å². The Kier molecular flexibility index (Phi) is 9.59. The Morgan fingerprint density at radius 2 is 2.13 bits per heavy atom. The molecular formula is C12H25NO2. The summed E-state index contributed by atoms with van der Waals surface area (Å²) in [6, 6.07) is 0. The van der Waals surface area contributed by atoms with Crippen LogP contribution in [0.3, 0.4) is 0 Å². The smallest absolute Gasteiger partial charge is 0.207 e. The maximum atomic E-state index is 10.1. The zero-order valence-corrected chi connectivity index (χ0v) is 10.3. The van der Waals surface area contributed by atoms with Gasteiger partial charge in [-0.15, -0.1) is 0 Å². The van der Waals surface area contributed by atoms with Crippen molar-refractivity contribution in [3.63, 3.8) is 0 Å². The van der Waals surface area contributed by atoms with Crippen molar-refractivity contribution in [2.24, 2.45) is 5.92 Å². The molecule has 0 spiro atoms. The number of carbonyl (C=O) groups excluding carboxylic acids is 1. The SMILES string of the molecule is CCCCC(CC)COC(C)CNC=O. The highest BCUT2D eigenvalue weighted by molar-refractivity contribution is 5.45. The molecule has 0 aromatic carbocycles. The normalized spacial score (nSPS) is 14.6. The van der Waals surface area contributed by atoms with Crippen molar-refractivity contribution < 1.29 is 9.53 Å². The molecule has 3 heteroatoms. The molecule has 0 saturated carbocycles. The van der Waals surface area contributed by atoms with Crippen LogP contribution in [-0.2, 0) is 9.53 Å². The van der Waals surface area contributed by atoms with Gasteiger partial charge in [-0.1, -0.05) is 33.1 Å². The average Bonchev–Trinajstić information content (AvgIpc) is 2.26. The van der Waals surface area contributed by atoms with E-state index in [1.807, 2.05) is 6.92 Å². The summed E-state index contributed by atoms with van der Waals surface area (Å²) in [5.41, 5.74) is 0. The first-order valence-corrected chi connectivity index (χ1v) is 6.03. The lowest BCUT2D eigenvalue weighted by molar-refractivity contribution is -0.110. The number of ether oxygens (including phenoxy) is 1. The van der Waals surface area contributed by atoms with E-state index in [0.29, 0.717) is 18.9 Å². The number of unbranched alkanes of at least 4 members (excludes halogenated alkanes) is 1. The Hall–Kier alpha value is -0.570. The van der Waals surface area contributed by atoms with Crippen LogP contribution in [0.15, 0.2) is 0 Å². The Bertz CT molecular complexity index is 151. The van der Waals surface area contributed by atoms with Crippen LogP contribution >= 0.6 is 0 Å². The van der Waals surface area contributed by atoms with Crippen molar-refractivity contribution >= 4 is 6.41 Å². The first-order valence-electron chi connectivity index (χ1n) is 6.03. The van der Waals surface area contributed by atoms with Crippen LogP contribution in [-0.4, -0.2) is 25.7 Å². The van der Waals surface area contributed by atoms with E-state index in [4.69, 9.17) is 4.74 Å². The molecule has 2 unspecified atom stereocenters. The molecule has 0 aliphatic heterocycles. The third kappa shape index (κ3) is 8.43. The maximum Gasteiger partial charge on any atom is 0.207 e. The molecule has 1 amide bonds. The summed E-state index contributed by atoms with van der Waals surface area (Å²) in [5.74, 6) is 0.670. The second-order valence-electron chi connectivity index (χ2n) is 4.09. The Labute approximate surface area is 93.6 Å². The van der Waals surface area contributed by atoms with Gasteiger partial charge >= 0.3 is 0 Å². The van der Waals surface area contributed by atoms with E-state index >= 15 is 0 Å². The van der Waals surface area contributed by atoms with Gasteiger partial charge in [-0.3, -0.25) is 4.79 Å². The lowest BCUT2D eigenvalue weighted by Crippen LogP contribution is -2.27. The second-order valence-corrected chi connectivity index (χ2v) is 4.09. The van der Waals surface area contributed by atoms with Crippen LogP contribution in [0, 0.1) is 5.92 Å². The van der Waals surface area contributed by atoms with Gasteiger partial charge in [-0.05, 0) is 19.3 Å².